The Morgan fingerprint density at radius 2 is 2.00 bits per heavy atom. The molecular formula is C6H2BrCl2F2NO2S. The van der Waals surface area contributed by atoms with E-state index in [1.54, 1.807) is 0 Å². The number of pyridine rings is 1. The van der Waals surface area contributed by atoms with Crippen LogP contribution in [0.3, 0.4) is 0 Å². The van der Waals surface area contributed by atoms with Crippen LogP contribution in [-0.4, -0.2) is 13.4 Å². The summed E-state index contributed by atoms with van der Waals surface area (Å²) in [6, 6.07) is 0. The van der Waals surface area contributed by atoms with E-state index >= 15 is 0 Å². The standard InChI is InChI=1S/C6H2BrCl2F2NO2S/c7-2-1-12-5(8)3(6(10)11)4(2)15(9,13)14/h1,6H. The van der Waals surface area contributed by atoms with E-state index in [1.165, 1.54) is 0 Å². The molecule has 0 amide bonds. The molecule has 0 aliphatic carbocycles. The maximum absolute atomic E-state index is 12.5. The molecule has 0 saturated heterocycles. The van der Waals surface area contributed by atoms with Crippen molar-refractivity contribution < 1.29 is 17.2 Å². The summed E-state index contributed by atoms with van der Waals surface area (Å²) in [6.45, 7) is 0. The molecule has 0 bridgehead atoms. The van der Waals surface area contributed by atoms with E-state index in [4.69, 9.17) is 22.3 Å². The van der Waals surface area contributed by atoms with E-state index in [0.717, 1.165) is 6.20 Å². The van der Waals surface area contributed by atoms with Crippen LogP contribution in [0.25, 0.3) is 0 Å². The molecule has 0 atom stereocenters. The lowest BCUT2D eigenvalue weighted by Crippen LogP contribution is -2.02. The monoisotopic (exact) mass is 339 g/mol. The fraction of sp³-hybridized carbons (Fsp3) is 0.167. The van der Waals surface area contributed by atoms with Crippen LogP contribution in [0.1, 0.15) is 12.0 Å². The summed E-state index contributed by atoms with van der Waals surface area (Å²) in [6.07, 6.45) is -2.09. The summed E-state index contributed by atoms with van der Waals surface area (Å²) in [4.78, 5) is 2.64. The minimum absolute atomic E-state index is 0.155. The number of hydrogen-bond acceptors (Lipinski definition) is 3. The average Bonchev–Trinajstić information content (AvgIpc) is 2.05. The van der Waals surface area contributed by atoms with E-state index < -0.39 is 31.1 Å². The Morgan fingerprint density at radius 1 is 1.47 bits per heavy atom. The van der Waals surface area contributed by atoms with Crippen LogP contribution < -0.4 is 0 Å². The minimum Gasteiger partial charge on any atom is -0.243 e. The van der Waals surface area contributed by atoms with Crippen LogP contribution in [0.2, 0.25) is 5.15 Å². The lowest BCUT2D eigenvalue weighted by molar-refractivity contribution is 0.147. The van der Waals surface area contributed by atoms with E-state index in [9.17, 15) is 17.2 Å². The molecule has 15 heavy (non-hydrogen) atoms. The molecule has 0 saturated carbocycles. The topological polar surface area (TPSA) is 47.0 Å². The number of rotatable bonds is 2. The van der Waals surface area contributed by atoms with Gasteiger partial charge in [-0.1, -0.05) is 11.6 Å². The quantitative estimate of drug-likeness (QED) is 0.612. The molecule has 0 aliphatic heterocycles. The van der Waals surface area contributed by atoms with Crippen molar-refractivity contribution in [1.29, 1.82) is 0 Å². The summed E-state index contributed by atoms with van der Waals surface area (Å²) in [7, 11) is 0.697. The predicted molar refractivity (Wildman–Crippen MR) is 54.9 cm³/mol. The Morgan fingerprint density at radius 3 is 2.33 bits per heavy atom. The molecule has 9 heteroatoms. The van der Waals surface area contributed by atoms with Crippen molar-refractivity contribution in [3.05, 3.63) is 21.4 Å². The number of nitrogens with zero attached hydrogens (tertiary/aromatic N) is 1. The van der Waals surface area contributed by atoms with Crippen molar-refractivity contribution in [2.75, 3.05) is 0 Å². The molecule has 1 rings (SSSR count). The van der Waals surface area contributed by atoms with Crippen molar-refractivity contribution in [1.82, 2.24) is 4.98 Å². The molecule has 1 aromatic rings. The van der Waals surface area contributed by atoms with Crippen LogP contribution in [0.15, 0.2) is 15.6 Å². The molecule has 0 radical (unpaired) electrons. The van der Waals surface area contributed by atoms with Crippen molar-refractivity contribution >= 4 is 47.3 Å². The van der Waals surface area contributed by atoms with Gasteiger partial charge in [0.05, 0.1) is 10.0 Å². The fourth-order valence-electron chi connectivity index (χ4n) is 0.901. The summed E-state index contributed by atoms with van der Waals surface area (Å²) in [5, 5.41) is -0.590. The Balaban J connectivity index is 3.68. The molecular weight excluding hydrogens is 339 g/mol. The fourth-order valence-corrected chi connectivity index (χ4v) is 3.65. The van der Waals surface area contributed by atoms with Crippen molar-refractivity contribution in [2.24, 2.45) is 0 Å². The van der Waals surface area contributed by atoms with Gasteiger partial charge in [0.25, 0.3) is 15.5 Å². The maximum atomic E-state index is 12.5. The molecule has 0 fully saturated rings. The first-order valence-corrected chi connectivity index (χ1v) is 6.80. The molecule has 0 aromatic carbocycles. The van der Waals surface area contributed by atoms with Crippen LogP contribution >= 0.6 is 38.2 Å². The van der Waals surface area contributed by atoms with Gasteiger partial charge in [-0.25, -0.2) is 22.2 Å². The van der Waals surface area contributed by atoms with Gasteiger partial charge in [-0.15, -0.1) is 0 Å². The van der Waals surface area contributed by atoms with Crippen LogP contribution in [-0.2, 0) is 9.05 Å². The lowest BCUT2D eigenvalue weighted by Gasteiger charge is -2.08. The molecule has 84 valence electrons. The van der Waals surface area contributed by atoms with Gasteiger partial charge < -0.3 is 0 Å². The van der Waals surface area contributed by atoms with Crippen molar-refractivity contribution in [3.63, 3.8) is 0 Å². The Labute approximate surface area is 102 Å². The number of alkyl halides is 2. The van der Waals surface area contributed by atoms with Crippen molar-refractivity contribution in [3.8, 4) is 0 Å². The second kappa shape index (κ2) is 4.48. The molecule has 0 unspecified atom stereocenters. The maximum Gasteiger partial charge on any atom is 0.268 e. The molecule has 0 aliphatic rings. The highest BCUT2D eigenvalue weighted by atomic mass is 79.9. The van der Waals surface area contributed by atoms with E-state index in [0.29, 0.717) is 0 Å². The van der Waals surface area contributed by atoms with Crippen LogP contribution in [0, 0.1) is 0 Å². The summed E-state index contributed by atoms with van der Waals surface area (Å²) in [5.41, 5.74) is -0.902. The van der Waals surface area contributed by atoms with Gasteiger partial charge in [0, 0.05) is 16.9 Å². The Kier molecular flexibility index (Phi) is 3.91. The first-order valence-electron chi connectivity index (χ1n) is 3.32. The van der Waals surface area contributed by atoms with Gasteiger partial charge in [-0.3, -0.25) is 0 Å². The zero-order valence-electron chi connectivity index (χ0n) is 6.72. The van der Waals surface area contributed by atoms with E-state index in [2.05, 4.69) is 20.9 Å². The van der Waals surface area contributed by atoms with Gasteiger partial charge in [0.2, 0.25) is 0 Å². The lowest BCUT2D eigenvalue weighted by atomic mass is 10.3. The molecule has 0 spiro atoms. The van der Waals surface area contributed by atoms with Gasteiger partial charge in [0.15, 0.2) is 0 Å². The zero-order valence-corrected chi connectivity index (χ0v) is 10.6. The first kappa shape index (κ1) is 13.1. The number of hydrogen-bond donors (Lipinski definition) is 0. The first-order chi connectivity index (χ1) is 6.75. The minimum atomic E-state index is -4.31. The van der Waals surface area contributed by atoms with Gasteiger partial charge in [-0.2, -0.15) is 0 Å². The molecule has 1 aromatic heterocycles. The average molecular weight is 341 g/mol. The predicted octanol–water partition coefficient (Wildman–Crippen LogP) is 3.36. The van der Waals surface area contributed by atoms with Gasteiger partial charge in [-0.05, 0) is 15.9 Å². The smallest absolute Gasteiger partial charge is 0.243 e. The van der Waals surface area contributed by atoms with E-state index in [-0.39, 0.29) is 4.47 Å². The molecule has 1 heterocycles. The van der Waals surface area contributed by atoms with Crippen molar-refractivity contribution in [2.45, 2.75) is 11.3 Å². The Hall–Kier alpha value is 0.0200. The summed E-state index contributed by atoms with van der Waals surface area (Å²) >= 11 is 8.13. The highest BCUT2D eigenvalue weighted by molar-refractivity contribution is 9.10. The van der Waals surface area contributed by atoms with Crippen LogP contribution in [0.5, 0.6) is 0 Å². The largest absolute Gasteiger partial charge is 0.268 e. The molecule has 0 N–H and O–H groups in total. The third-order valence-corrected chi connectivity index (χ3v) is 3.99. The zero-order chi connectivity index (χ0) is 11.8. The highest BCUT2D eigenvalue weighted by Gasteiger charge is 2.28. The second-order valence-corrected chi connectivity index (χ2v) is 6.09. The van der Waals surface area contributed by atoms with Gasteiger partial charge >= 0.3 is 0 Å². The van der Waals surface area contributed by atoms with Gasteiger partial charge in [0.1, 0.15) is 10.0 Å². The normalized spacial score (nSPS) is 12.1. The third kappa shape index (κ3) is 2.77. The third-order valence-electron chi connectivity index (χ3n) is 1.44. The van der Waals surface area contributed by atoms with E-state index in [1.807, 2.05) is 0 Å². The second-order valence-electron chi connectivity index (χ2n) is 2.38. The van der Waals surface area contributed by atoms with Crippen LogP contribution in [0.4, 0.5) is 8.78 Å². The number of aromatic nitrogens is 1. The highest BCUT2D eigenvalue weighted by Crippen LogP contribution is 2.37. The SMILES string of the molecule is O=S(=O)(Cl)c1c(Br)cnc(Cl)c1C(F)F. The molecule has 3 nitrogen and oxygen atoms in total. The number of halogens is 5. The summed E-state index contributed by atoms with van der Waals surface area (Å²) in [5.74, 6) is 0. The summed E-state index contributed by atoms with van der Waals surface area (Å²) < 4.78 is 47.0. The Bertz CT molecular complexity index is 494.